The summed E-state index contributed by atoms with van der Waals surface area (Å²) in [4.78, 5) is 11.8. The van der Waals surface area contributed by atoms with Gasteiger partial charge in [-0.15, -0.1) is 0 Å². The van der Waals surface area contributed by atoms with Crippen molar-refractivity contribution in [3.05, 3.63) is 35.9 Å². The molecule has 0 aliphatic rings. The third-order valence-electron chi connectivity index (χ3n) is 2.18. The quantitative estimate of drug-likeness (QED) is 0.428. The van der Waals surface area contributed by atoms with E-state index in [1.165, 1.54) is 0 Å². The number of carbonyl (C=O) groups excluding carboxylic acids is 1. The van der Waals surface area contributed by atoms with E-state index in [2.05, 4.69) is 0 Å². The summed E-state index contributed by atoms with van der Waals surface area (Å²) in [5, 5.41) is 0. The number of ether oxygens (including phenoxy) is 1. The van der Waals surface area contributed by atoms with Crippen LogP contribution in [-0.2, 0) is 22.9 Å². The first kappa shape index (κ1) is 19.8. The molecule has 0 N–H and O–H groups in total. The normalized spacial score (nSPS) is 13.0. The van der Waals surface area contributed by atoms with Gasteiger partial charge in [0.1, 0.15) is 0 Å². The van der Waals surface area contributed by atoms with Crippen LogP contribution in [0.1, 0.15) is 51.9 Å². The molecule has 0 atom stereocenters. The van der Waals surface area contributed by atoms with Crippen molar-refractivity contribution >= 4 is 13.8 Å². The van der Waals surface area contributed by atoms with E-state index in [1.54, 1.807) is 71.9 Å². The number of carbonyl (C=O) groups is 1. The molecular formula is C16H25O6P. The molecule has 0 spiro atoms. The fraction of sp³-hybridized carbons (Fsp3) is 0.562. The van der Waals surface area contributed by atoms with Crippen LogP contribution in [0.3, 0.4) is 0 Å². The van der Waals surface area contributed by atoms with Gasteiger partial charge in [0.2, 0.25) is 6.79 Å². The van der Waals surface area contributed by atoms with Crippen molar-refractivity contribution in [2.45, 2.75) is 52.7 Å². The first-order valence-electron chi connectivity index (χ1n) is 7.28. The van der Waals surface area contributed by atoms with E-state index >= 15 is 0 Å². The Balaban J connectivity index is 2.68. The Morgan fingerprint density at radius 2 is 1.43 bits per heavy atom. The summed E-state index contributed by atoms with van der Waals surface area (Å²) in [6.07, 6.45) is 0. The predicted molar refractivity (Wildman–Crippen MR) is 87.1 cm³/mol. The van der Waals surface area contributed by atoms with Crippen molar-refractivity contribution < 1.29 is 27.7 Å². The fourth-order valence-electron chi connectivity index (χ4n) is 1.54. The van der Waals surface area contributed by atoms with E-state index in [0.717, 1.165) is 0 Å². The fourth-order valence-corrected chi connectivity index (χ4v) is 3.21. The average Bonchev–Trinajstić information content (AvgIpc) is 2.34. The van der Waals surface area contributed by atoms with Crippen LogP contribution in [0.4, 0.5) is 0 Å². The standard InChI is InChI=1S/C16H25O6P/c1-15(2,3)21-23(18,22-16(4,5)6)20-12-19-14(17)13-10-8-7-9-11-13/h7-11H,12H2,1-6H3. The van der Waals surface area contributed by atoms with Gasteiger partial charge in [-0.25, -0.2) is 13.9 Å². The zero-order valence-corrected chi connectivity index (χ0v) is 15.4. The van der Waals surface area contributed by atoms with Gasteiger partial charge >= 0.3 is 13.8 Å². The third kappa shape index (κ3) is 8.28. The number of phosphoric ester groups is 1. The van der Waals surface area contributed by atoms with Crippen molar-refractivity contribution in [3.8, 4) is 0 Å². The number of hydrogen-bond donors (Lipinski definition) is 0. The first-order valence-corrected chi connectivity index (χ1v) is 8.75. The summed E-state index contributed by atoms with van der Waals surface area (Å²) in [6, 6.07) is 8.44. The van der Waals surface area contributed by atoms with Crippen LogP contribution < -0.4 is 0 Å². The molecule has 0 unspecified atom stereocenters. The van der Waals surface area contributed by atoms with E-state index in [-0.39, 0.29) is 0 Å². The molecule has 7 heteroatoms. The molecule has 0 heterocycles. The second kappa shape index (κ2) is 7.58. The second-order valence-electron chi connectivity index (χ2n) is 6.90. The number of rotatable bonds is 6. The van der Waals surface area contributed by atoms with Gasteiger partial charge < -0.3 is 4.74 Å². The van der Waals surface area contributed by atoms with Crippen LogP contribution in [0.25, 0.3) is 0 Å². The van der Waals surface area contributed by atoms with Crippen molar-refractivity contribution in [2.24, 2.45) is 0 Å². The van der Waals surface area contributed by atoms with Gasteiger partial charge in [-0.2, -0.15) is 0 Å². The van der Waals surface area contributed by atoms with Gasteiger partial charge in [0.25, 0.3) is 0 Å². The van der Waals surface area contributed by atoms with Gasteiger partial charge in [-0.3, -0.25) is 9.05 Å². The molecule has 23 heavy (non-hydrogen) atoms. The van der Waals surface area contributed by atoms with Crippen LogP contribution in [0.2, 0.25) is 0 Å². The minimum atomic E-state index is -3.89. The summed E-state index contributed by atoms with van der Waals surface area (Å²) in [7, 11) is -3.89. The second-order valence-corrected chi connectivity index (χ2v) is 8.42. The highest BCUT2D eigenvalue weighted by atomic mass is 31.2. The lowest BCUT2D eigenvalue weighted by Crippen LogP contribution is -2.25. The Morgan fingerprint density at radius 1 is 0.957 bits per heavy atom. The molecule has 0 saturated carbocycles. The van der Waals surface area contributed by atoms with Gasteiger partial charge in [-0.1, -0.05) is 18.2 Å². The van der Waals surface area contributed by atoms with Crippen LogP contribution >= 0.6 is 7.82 Å². The number of hydrogen-bond acceptors (Lipinski definition) is 6. The summed E-state index contributed by atoms with van der Waals surface area (Å²) in [5.74, 6) is -0.580. The molecule has 1 aromatic rings. The molecule has 0 radical (unpaired) electrons. The topological polar surface area (TPSA) is 71.1 Å². The monoisotopic (exact) mass is 344 g/mol. The number of phosphoric acid groups is 1. The predicted octanol–water partition coefficient (Wildman–Crippen LogP) is 4.56. The van der Waals surface area contributed by atoms with Gasteiger partial charge in [0.05, 0.1) is 16.8 Å². The van der Waals surface area contributed by atoms with Crippen LogP contribution in [-0.4, -0.2) is 24.0 Å². The Labute approximate surface area is 137 Å². The molecule has 1 aromatic carbocycles. The maximum absolute atomic E-state index is 12.7. The molecule has 0 aliphatic carbocycles. The highest BCUT2D eigenvalue weighted by molar-refractivity contribution is 7.48. The lowest BCUT2D eigenvalue weighted by Gasteiger charge is -2.30. The molecule has 0 amide bonds. The van der Waals surface area contributed by atoms with Gasteiger partial charge in [0, 0.05) is 0 Å². The molecule has 0 aromatic heterocycles. The Morgan fingerprint density at radius 3 is 1.87 bits per heavy atom. The van der Waals surface area contributed by atoms with Gasteiger partial charge in [0.15, 0.2) is 0 Å². The minimum Gasteiger partial charge on any atom is -0.434 e. The number of esters is 1. The maximum Gasteiger partial charge on any atom is 0.478 e. The Hall–Kier alpha value is -1.20. The van der Waals surface area contributed by atoms with Crippen LogP contribution in [0.5, 0.6) is 0 Å². The molecule has 0 saturated heterocycles. The largest absolute Gasteiger partial charge is 0.478 e. The van der Waals surface area contributed by atoms with E-state index < -0.39 is 31.8 Å². The average molecular weight is 344 g/mol. The van der Waals surface area contributed by atoms with Crippen LogP contribution in [0, 0.1) is 0 Å². The van der Waals surface area contributed by atoms with E-state index in [1.807, 2.05) is 0 Å². The van der Waals surface area contributed by atoms with Crippen molar-refractivity contribution in [2.75, 3.05) is 6.79 Å². The molecule has 6 nitrogen and oxygen atoms in total. The molecule has 0 bridgehead atoms. The zero-order valence-electron chi connectivity index (χ0n) is 14.5. The Bertz CT molecular complexity index is 536. The summed E-state index contributed by atoms with van der Waals surface area (Å²) in [5.41, 5.74) is -1.12. The third-order valence-corrected chi connectivity index (χ3v) is 4.15. The SMILES string of the molecule is CC(C)(C)OP(=O)(OCOC(=O)c1ccccc1)OC(C)(C)C. The Kier molecular flexibility index (Phi) is 6.54. The van der Waals surface area contributed by atoms with E-state index in [4.69, 9.17) is 18.3 Å². The number of benzene rings is 1. The maximum atomic E-state index is 12.7. The summed E-state index contributed by atoms with van der Waals surface area (Å²) in [6.45, 7) is 9.83. The lowest BCUT2D eigenvalue weighted by molar-refractivity contribution is -0.0352. The van der Waals surface area contributed by atoms with Gasteiger partial charge in [-0.05, 0) is 53.7 Å². The zero-order chi connectivity index (χ0) is 17.7. The van der Waals surface area contributed by atoms with Crippen molar-refractivity contribution in [1.82, 2.24) is 0 Å². The van der Waals surface area contributed by atoms with E-state index in [0.29, 0.717) is 5.56 Å². The molecule has 0 aliphatic heterocycles. The summed E-state index contributed by atoms with van der Waals surface area (Å²) < 4.78 is 33.6. The lowest BCUT2D eigenvalue weighted by atomic mass is 10.2. The molecule has 0 fully saturated rings. The molecule has 130 valence electrons. The summed E-state index contributed by atoms with van der Waals surface area (Å²) >= 11 is 0. The first-order chi connectivity index (χ1) is 10.4. The highest BCUT2D eigenvalue weighted by Crippen LogP contribution is 2.55. The highest BCUT2D eigenvalue weighted by Gasteiger charge is 2.37. The molecule has 1 rings (SSSR count). The smallest absolute Gasteiger partial charge is 0.434 e. The minimum absolute atomic E-state index is 0.374. The van der Waals surface area contributed by atoms with Crippen molar-refractivity contribution in [1.29, 1.82) is 0 Å². The van der Waals surface area contributed by atoms with E-state index in [9.17, 15) is 9.36 Å². The van der Waals surface area contributed by atoms with Crippen LogP contribution in [0.15, 0.2) is 30.3 Å². The van der Waals surface area contributed by atoms with Crippen molar-refractivity contribution in [3.63, 3.8) is 0 Å². The molecular weight excluding hydrogens is 319 g/mol.